The highest BCUT2D eigenvalue weighted by Gasteiger charge is 2.19. The predicted molar refractivity (Wildman–Crippen MR) is 89.5 cm³/mol. The third-order valence-electron chi connectivity index (χ3n) is 3.65. The van der Waals surface area contributed by atoms with E-state index in [0.29, 0.717) is 21.4 Å². The minimum atomic E-state index is -0.952. The summed E-state index contributed by atoms with van der Waals surface area (Å²) in [6.45, 7) is 1.49. The summed E-state index contributed by atoms with van der Waals surface area (Å²) in [6.07, 6.45) is 0. The molecule has 1 amide bonds. The standard InChI is InChI=1S/C17H15Cl2F2NO2/c1-10(11-3-6-15(20)16(21)7-11)22(2)17(23)9-24-12-4-5-13(18)14(19)8-12/h3-8,10H,9H2,1-2H3. The van der Waals surface area contributed by atoms with E-state index in [0.717, 1.165) is 12.1 Å². The normalized spacial score (nSPS) is 11.9. The minimum absolute atomic E-state index is 0.220. The van der Waals surface area contributed by atoms with Gasteiger partial charge in [0.15, 0.2) is 18.2 Å². The van der Waals surface area contributed by atoms with Crippen molar-refractivity contribution in [1.29, 1.82) is 0 Å². The maximum atomic E-state index is 13.3. The molecule has 3 nitrogen and oxygen atoms in total. The van der Waals surface area contributed by atoms with Gasteiger partial charge < -0.3 is 9.64 Å². The monoisotopic (exact) mass is 373 g/mol. The molecule has 2 aromatic rings. The van der Waals surface area contributed by atoms with Crippen LogP contribution in [-0.2, 0) is 4.79 Å². The fraction of sp³-hybridized carbons (Fsp3) is 0.235. The summed E-state index contributed by atoms with van der Waals surface area (Å²) in [5, 5.41) is 0.713. The van der Waals surface area contributed by atoms with E-state index in [4.69, 9.17) is 27.9 Å². The first kappa shape index (κ1) is 18.5. The molecular weight excluding hydrogens is 359 g/mol. The molecule has 0 aromatic heterocycles. The van der Waals surface area contributed by atoms with Gasteiger partial charge in [-0.2, -0.15) is 0 Å². The summed E-state index contributed by atoms with van der Waals surface area (Å²) in [5.41, 5.74) is 0.485. The molecule has 0 aliphatic carbocycles. The number of carbonyl (C=O) groups excluding carboxylic acids is 1. The Morgan fingerprint density at radius 2 is 1.83 bits per heavy atom. The highest BCUT2D eigenvalue weighted by atomic mass is 35.5. The number of carbonyl (C=O) groups is 1. The summed E-state index contributed by atoms with van der Waals surface area (Å²) in [5.74, 6) is -1.79. The zero-order chi connectivity index (χ0) is 17.9. The van der Waals surface area contributed by atoms with Crippen LogP contribution in [0.3, 0.4) is 0 Å². The van der Waals surface area contributed by atoms with Gasteiger partial charge in [-0.3, -0.25) is 4.79 Å². The number of halogens is 4. The van der Waals surface area contributed by atoms with E-state index in [-0.39, 0.29) is 12.5 Å². The molecule has 0 bridgehead atoms. The number of hydrogen-bond donors (Lipinski definition) is 0. The Morgan fingerprint density at radius 1 is 1.12 bits per heavy atom. The highest BCUT2D eigenvalue weighted by molar-refractivity contribution is 6.42. The molecule has 0 aliphatic rings. The van der Waals surface area contributed by atoms with Crippen LogP contribution < -0.4 is 4.74 Å². The Labute approximate surface area is 148 Å². The van der Waals surface area contributed by atoms with Crippen molar-refractivity contribution in [3.63, 3.8) is 0 Å². The molecule has 0 fully saturated rings. The molecule has 0 N–H and O–H groups in total. The second-order valence-electron chi connectivity index (χ2n) is 5.22. The van der Waals surface area contributed by atoms with Crippen LogP contribution in [-0.4, -0.2) is 24.5 Å². The van der Waals surface area contributed by atoms with Crippen molar-refractivity contribution in [3.8, 4) is 5.75 Å². The number of benzene rings is 2. The van der Waals surface area contributed by atoms with Gasteiger partial charge in [-0.05, 0) is 36.8 Å². The summed E-state index contributed by atoms with van der Waals surface area (Å²) < 4.78 is 31.7. The molecule has 1 unspecified atom stereocenters. The molecule has 0 saturated carbocycles. The Morgan fingerprint density at radius 3 is 2.46 bits per heavy atom. The third kappa shape index (κ3) is 4.36. The molecule has 2 aromatic carbocycles. The molecule has 7 heteroatoms. The molecule has 0 heterocycles. The lowest BCUT2D eigenvalue weighted by Crippen LogP contribution is -2.33. The van der Waals surface area contributed by atoms with Crippen LogP contribution in [0.1, 0.15) is 18.5 Å². The molecule has 1 atom stereocenters. The van der Waals surface area contributed by atoms with E-state index in [1.54, 1.807) is 26.1 Å². The van der Waals surface area contributed by atoms with Gasteiger partial charge in [-0.15, -0.1) is 0 Å². The molecule has 2 rings (SSSR count). The number of hydrogen-bond acceptors (Lipinski definition) is 2. The second-order valence-corrected chi connectivity index (χ2v) is 6.03. The largest absolute Gasteiger partial charge is 0.484 e. The van der Waals surface area contributed by atoms with Gasteiger partial charge in [0, 0.05) is 13.1 Å². The number of amides is 1. The van der Waals surface area contributed by atoms with Crippen LogP contribution in [0.25, 0.3) is 0 Å². The van der Waals surface area contributed by atoms with E-state index in [1.807, 2.05) is 0 Å². The van der Waals surface area contributed by atoms with Crippen molar-refractivity contribution in [2.45, 2.75) is 13.0 Å². The van der Waals surface area contributed by atoms with Gasteiger partial charge in [0.1, 0.15) is 5.75 Å². The Balaban J connectivity index is 2.00. The van der Waals surface area contributed by atoms with Gasteiger partial charge in [0.2, 0.25) is 0 Å². The first-order valence-electron chi connectivity index (χ1n) is 7.08. The topological polar surface area (TPSA) is 29.5 Å². The number of likely N-dealkylation sites (N-methyl/N-ethyl adjacent to an activating group) is 1. The zero-order valence-electron chi connectivity index (χ0n) is 13.0. The molecule has 0 aliphatic heterocycles. The number of rotatable bonds is 5. The summed E-state index contributed by atoms with van der Waals surface area (Å²) in [4.78, 5) is 13.6. The second kappa shape index (κ2) is 7.81. The molecular formula is C17H15Cl2F2NO2. The van der Waals surface area contributed by atoms with E-state index < -0.39 is 17.7 Å². The Kier molecular flexibility index (Phi) is 6.02. The molecule has 24 heavy (non-hydrogen) atoms. The maximum absolute atomic E-state index is 13.3. The first-order valence-corrected chi connectivity index (χ1v) is 7.83. The van der Waals surface area contributed by atoms with Crippen LogP contribution >= 0.6 is 23.2 Å². The van der Waals surface area contributed by atoms with Gasteiger partial charge in [0.25, 0.3) is 5.91 Å². The molecule has 0 saturated heterocycles. The molecule has 0 spiro atoms. The minimum Gasteiger partial charge on any atom is -0.484 e. The summed E-state index contributed by atoms with van der Waals surface area (Å²) in [7, 11) is 1.56. The van der Waals surface area contributed by atoms with Crippen LogP contribution in [0.2, 0.25) is 10.0 Å². The van der Waals surface area contributed by atoms with E-state index in [1.165, 1.54) is 17.0 Å². The van der Waals surface area contributed by atoms with Crippen molar-refractivity contribution in [1.82, 2.24) is 4.90 Å². The average Bonchev–Trinajstić information content (AvgIpc) is 2.56. The quantitative estimate of drug-likeness (QED) is 0.747. The van der Waals surface area contributed by atoms with E-state index in [9.17, 15) is 13.6 Å². The average molecular weight is 374 g/mol. The van der Waals surface area contributed by atoms with Crippen molar-refractivity contribution in [2.75, 3.05) is 13.7 Å². The van der Waals surface area contributed by atoms with Crippen molar-refractivity contribution in [3.05, 3.63) is 63.6 Å². The SMILES string of the molecule is CC(c1ccc(F)c(F)c1)N(C)C(=O)COc1ccc(Cl)c(Cl)c1. The smallest absolute Gasteiger partial charge is 0.260 e. The van der Waals surface area contributed by atoms with E-state index in [2.05, 4.69) is 0 Å². The number of ether oxygens (including phenoxy) is 1. The van der Waals surface area contributed by atoms with Gasteiger partial charge in [-0.1, -0.05) is 29.3 Å². The van der Waals surface area contributed by atoms with Crippen LogP contribution in [0, 0.1) is 11.6 Å². The summed E-state index contributed by atoms with van der Waals surface area (Å²) >= 11 is 11.7. The lowest BCUT2D eigenvalue weighted by atomic mass is 10.1. The van der Waals surface area contributed by atoms with Crippen molar-refractivity contribution < 1.29 is 18.3 Å². The van der Waals surface area contributed by atoms with Crippen LogP contribution in [0.4, 0.5) is 8.78 Å². The zero-order valence-corrected chi connectivity index (χ0v) is 14.5. The maximum Gasteiger partial charge on any atom is 0.260 e. The van der Waals surface area contributed by atoms with Crippen LogP contribution in [0.15, 0.2) is 36.4 Å². The predicted octanol–water partition coefficient (Wildman–Crippen LogP) is 4.87. The van der Waals surface area contributed by atoms with Gasteiger partial charge in [-0.25, -0.2) is 8.78 Å². The number of nitrogens with zero attached hydrogens (tertiary/aromatic N) is 1. The fourth-order valence-electron chi connectivity index (χ4n) is 2.03. The lowest BCUT2D eigenvalue weighted by molar-refractivity contribution is -0.134. The van der Waals surface area contributed by atoms with Gasteiger partial charge in [0.05, 0.1) is 16.1 Å². The summed E-state index contributed by atoms with van der Waals surface area (Å²) in [6, 6.07) is 7.78. The molecule has 128 valence electrons. The third-order valence-corrected chi connectivity index (χ3v) is 4.39. The lowest BCUT2D eigenvalue weighted by Gasteiger charge is -2.25. The highest BCUT2D eigenvalue weighted by Crippen LogP contribution is 2.26. The van der Waals surface area contributed by atoms with Crippen molar-refractivity contribution in [2.24, 2.45) is 0 Å². The molecule has 0 radical (unpaired) electrons. The first-order chi connectivity index (χ1) is 11.3. The van der Waals surface area contributed by atoms with Gasteiger partial charge >= 0.3 is 0 Å². The Hall–Kier alpha value is -1.85. The fourth-order valence-corrected chi connectivity index (χ4v) is 2.31. The van der Waals surface area contributed by atoms with E-state index >= 15 is 0 Å². The Bertz CT molecular complexity index is 755. The van der Waals surface area contributed by atoms with Crippen molar-refractivity contribution >= 4 is 29.1 Å². The van der Waals surface area contributed by atoms with Crippen LogP contribution in [0.5, 0.6) is 5.75 Å².